The number of hydrazone groups is 1. The van der Waals surface area contributed by atoms with E-state index in [9.17, 15) is 0 Å². The van der Waals surface area contributed by atoms with Crippen LogP contribution in [-0.2, 0) is 5.54 Å². The van der Waals surface area contributed by atoms with Gasteiger partial charge in [0.25, 0.3) is 0 Å². The smallest absolute Gasteiger partial charge is 0.103 e. The average Bonchev–Trinajstić information content (AvgIpc) is 3.69. The van der Waals surface area contributed by atoms with Gasteiger partial charge in [-0.1, -0.05) is 98.9 Å². The Morgan fingerprint density at radius 3 is 2.20 bits per heavy atom. The zero-order valence-corrected chi connectivity index (χ0v) is 27.5. The SMILES string of the molecule is CN1C[C@@H](c2ccc(Br)cc2)[C@@]2(CCCC3C2=NNC3c2ccc(Br)cc2)[C@@]12c1ccccc1-c1nc3ccccc3nc12. The van der Waals surface area contributed by atoms with E-state index in [0.29, 0.717) is 0 Å². The summed E-state index contributed by atoms with van der Waals surface area (Å²) in [4.78, 5) is 13.5. The lowest BCUT2D eigenvalue weighted by Crippen LogP contribution is -2.57. The van der Waals surface area contributed by atoms with Crippen molar-refractivity contribution in [1.29, 1.82) is 0 Å². The Balaban J connectivity index is 1.34. The summed E-state index contributed by atoms with van der Waals surface area (Å²) in [6.07, 6.45) is 3.27. The van der Waals surface area contributed by atoms with Gasteiger partial charge in [-0.2, -0.15) is 5.10 Å². The van der Waals surface area contributed by atoms with E-state index in [-0.39, 0.29) is 23.3 Å². The molecule has 1 N–H and O–H groups in total. The van der Waals surface area contributed by atoms with Gasteiger partial charge in [-0.3, -0.25) is 4.90 Å². The number of likely N-dealkylation sites (tertiary alicyclic amines) is 1. The molecule has 5 atom stereocenters. The third kappa shape index (κ3) is 3.46. The van der Waals surface area contributed by atoms with Crippen LogP contribution in [0.1, 0.15) is 53.6 Å². The van der Waals surface area contributed by atoms with Gasteiger partial charge in [0.15, 0.2) is 0 Å². The van der Waals surface area contributed by atoms with Gasteiger partial charge < -0.3 is 5.43 Å². The van der Waals surface area contributed by atoms with Crippen molar-refractivity contribution in [2.45, 2.75) is 36.8 Å². The third-order valence-electron chi connectivity index (χ3n) is 10.9. The van der Waals surface area contributed by atoms with E-state index in [1.807, 2.05) is 0 Å². The number of benzene rings is 4. The number of fused-ring (bicyclic) bond motifs is 9. The van der Waals surface area contributed by atoms with Gasteiger partial charge in [0, 0.05) is 38.3 Å². The Morgan fingerprint density at radius 1 is 0.795 bits per heavy atom. The van der Waals surface area contributed by atoms with Crippen molar-refractivity contribution < 1.29 is 0 Å². The number of nitrogens with zero attached hydrogens (tertiary/aromatic N) is 4. The number of rotatable bonds is 2. The molecule has 4 aliphatic rings. The maximum Gasteiger partial charge on any atom is 0.103 e. The molecule has 1 aromatic heterocycles. The van der Waals surface area contributed by atoms with Crippen molar-refractivity contribution in [3.63, 3.8) is 0 Å². The van der Waals surface area contributed by atoms with Gasteiger partial charge in [-0.15, -0.1) is 0 Å². The lowest BCUT2D eigenvalue weighted by atomic mass is 9.51. The molecule has 5 aromatic rings. The summed E-state index contributed by atoms with van der Waals surface area (Å²) < 4.78 is 2.19. The minimum Gasteiger partial charge on any atom is -0.302 e. The molecule has 0 amide bonds. The molecule has 2 aliphatic carbocycles. The molecule has 44 heavy (non-hydrogen) atoms. The molecule has 7 heteroatoms. The van der Waals surface area contributed by atoms with Gasteiger partial charge in [0.2, 0.25) is 0 Å². The van der Waals surface area contributed by atoms with Crippen molar-refractivity contribution in [3.8, 4) is 11.3 Å². The summed E-state index contributed by atoms with van der Waals surface area (Å²) in [5.74, 6) is 0.510. The maximum atomic E-state index is 5.56. The van der Waals surface area contributed by atoms with E-state index < -0.39 is 5.54 Å². The number of hydrogen-bond acceptors (Lipinski definition) is 5. The fourth-order valence-corrected chi connectivity index (χ4v) is 9.81. The highest BCUT2D eigenvalue weighted by molar-refractivity contribution is 9.10. The largest absolute Gasteiger partial charge is 0.302 e. The molecular weight excluding hydrogens is 674 g/mol. The zero-order valence-electron chi connectivity index (χ0n) is 24.3. The van der Waals surface area contributed by atoms with Gasteiger partial charge in [-0.25, -0.2) is 9.97 Å². The molecule has 218 valence electrons. The predicted octanol–water partition coefficient (Wildman–Crippen LogP) is 8.60. The summed E-state index contributed by atoms with van der Waals surface area (Å²) in [6.45, 7) is 0.901. The van der Waals surface area contributed by atoms with Crippen LogP contribution in [0.4, 0.5) is 0 Å². The quantitative estimate of drug-likeness (QED) is 0.200. The number of likely N-dealkylation sites (N-methyl/N-ethyl adjacent to an activating group) is 1. The molecule has 5 nitrogen and oxygen atoms in total. The van der Waals surface area contributed by atoms with Crippen molar-refractivity contribution >= 4 is 48.6 Å². The maximum absolute atomic E-state index is 5.56. The number of aromatic nitrogens is 2. The summed E-state index contributed by atoms with van der Waals surface area (Å²) in [5, 5.41) is 5.40. The van der Waals surface area contributed by atoms with Gasteiger partial charge >= 0.3 is 0 Å². The van der Waals surface area contributed by atoms with Gasteiger partial charge in [0.1, 0.15) is 5.54 Å². The van der Waals surface area contributed by atoms with Crippen molar-refractivity contribution in [1.82, 2.24) is 20.3 Å². The monoisotopic (exact) mass is 703 g/mol. The Hall–Kier alpha value is -3.39. The molecule has 0 radical (unpaired) electrons. The molecule has 9 rings (SSSR count). The Kier molecular flexibility index (Phi) is 6.01. The Morgan fingerprint density at radius 2 is 1.45 bits per heavy atom. The lowest BCUT2D eigenvalue weighted by molar-refractivity contribution is 0.111. The fraction of sp³-hybridized carbons (Fsp3) is 0.270. The van der Waals surface area contributed by atoms with Crippen LogP contribution in [0.5, 0.6) is 0 Å². The van der Waals surface area contributed by atoms with Crippen LogP contribution >= 0.6 is 31.9 Å². The molecule has 1 saturated carbocycles. The van der Waals surface area contributed by atoms with Crippen molar-refractivity contribution in [3.05, 3.63) is 128 Å². The number of nitrogens with one attached hydrogen (secondary N) is 1. The van der Waals surface area contributed by atoms with E-state index >= 15 is 0 Å². The molecule has 2 spiro atoms. The van der Waals surface area contributed by atoms with Gasteiger partial charge in [0.05, 0.1) is 34.2 Å². The standard InChI is InChI=1S/C37H31Br2N5/c1-44-21-29(22-12-16-24(38)17-13-22)36(20-6-8-27-32(42-43-34(27)36)23-14-18-25(39)19-15-23)37(44)28-9-3-2-7-26(28)33-35(37)41-31-11-5-4-10-30(31)40-33/h2-5,7,9-19,27,29,32,42H,6,8,20-21H2,1H3/t27?,29-,32?,36+,37-/m0/s1. The summed E-state index contributed by atoms with van der Waals surface area (Å²) in [6, 6.07) is 35.2. The molecule has 1 saturated heterocycles. The van der Waals surface area contributed by atoms with Crippen LogP contribution in [0.25, 0.3) is 22.3 Å². The summed E-state index contributed by atoms with van der Waals surface area (Å²) in [7, 11) is 2.31. The zero-order chi connectivity index (χ0) is 29.6. The average molecular weight is 705 g/mol. The van der Waals surface area contributed by atoms with E-state index in [0.717, 1.165) is 57.2 Å². The first-order valence-electron chi connectivity index (χ1n) is 15.5. The second-order valence-electron chi connectivity index (χ2n) is 12.8. The molecular formula is C37H31Br2N5. The van der Waals surface area contributed by atoms with Crippen LogP contribution in [0.3, 0.4) is 0 Å². The fourth-order valence-electron chi connectivity index (χ4n) is 9.28. The highest BCUT2D eigenvalue weighted by atomic mass is 79.9. The molecule has 2 fully saturated rings. The molecule has 4 aromatic carbocycles. The van der Waals surface area contributed by atoms with Crippen LogP contribution < -0.4 is 5.43 Å². The first kappa shape index (κ1) is 27.0. The number of hydrogen-bond donors (Lipinski definition) is 1. The third-order valence-corrected chi connectivity index (χ3v) is 11.9. The van der Waals surface area contributed by atoms with Crippen LogP contribution in [0.15, 0.2) is 111 Å². The predicted molar refractivity (Wildman–Crippen MR) is 182 cm³/mol. The summed E-state index contributed by atoms with van der Waals surface area (Å²) in [5.41, 5.74) is 13.3. The van der Waals surface area contributed by atoms with E-state index in [2.05, 4.69) is 146 Å². The topological polar surface area (TPSA) is 53.4 Å². The van der Waals surface area contributed by atoms with Crippen molar-refractivity contribution in [2.24, 2.45) is 16.4 Å². The minimum atomic E-state index is -0.512. The second-order valence-corrected chi connectivity index (χ2v) is 14.6. The highest BCUT2D eigenvalue weighted by Gasteiger charge is 2.72. The molecule has 0 bridgehead atoms. The van der Waals surface area contributed by atoms with E-state index in [1.54, 1.807) is 0 Å². The normalized spacial score (nSPS) is 28.6. The van der Waals surface area contributed by atoms with Gasteiger partial charge in [-0.05, 0) is 73.0 Å². The summed E-state index contributed by atoms with van der Waals surface area (Å²) >= 11 is 7.33. The first-order chi connectivity index (χ1) is 21.5. The van der Waals surface area contributed by atoms with Crippen LogP contribution in [-0.4, -0.2) is 34.2 Å². The second kappa shape index (κ2) is 9.80. The molecule has 2 unspecified atom stereocenters. The van der Waals surface area contributed by atoms with Crippen LogP contribution in [0, 0.1) is 11.3 Å². The van der Waals surface area contributed by atoms with E-state index in [1.165, 1.54) is 28.0 Å². The Bertz CT molecular complexity index is 1970. The minimum absolute atomic E-state index is 0.141. The Labute approximate surface area is 274 Å². The molecule has 2 aliphatic heterocycles. The van der Waals surface area contributed by atoms with Crippen LogP contribution in [0.2, 0.25) is 0 Å². The number of para-hydroxylation sites is 2. The lowest BCUT2D eigenvalue weighted by Gasteiger charge is -2.52. The van der Waals surface area contributed by atoms with Crippen molar-refractivity contribution in [2.75, 3.05) is 13.6 Å². The first-order valence-corrected chi connectivity index (χ1v) is 17.0. The highest BCUT2D eigenvalue weighted by Crippen LogP contribution is 2.70. The van der Waals surface area contributed by atoms with E-state index in [4.69, 9.17) is 15.1 Å². The molecule has 3 heterocycles. The number of halogens is 2.